The SMILES string of the molecule is CC(C)(O)c1cccnc1-n1c2cc3c4ccccc4n(-c4ccccc4)c3cc2c2cccnc21. The first-order chi connectivity index (χ1) is 17.5. The van der Waals surface area contributed by atoms with E-state index in [2.05, 4.69) is 75.9 Å². The van der Waals surface area contributed by atoms with E-state index in [1.807, 2.05) is 30.5 Å². The molecule has 5 heteroatoms. The molecule has 0 bridgehead atoms. The maximum Gasteiger partial charge on any atom is 0.146 e. The highest BCUT2D eigenvalue weighted by molar-refractivity contribution is 6.18. The zero-order valence-electron chi connectivity index (χ0n) is 20.1. The van der Waals surface area contributed by atoms with E-state index in [0.717, 1.165) is 49.6 Å². The van der Waals surface area contributed by atoms with Gasteiger partial charge in [0.2, 0.25) is 0 Å². The zero-order chi connectivity index (χ0) is 24.4. The summed E-state index contributed by atoms with van der Waals surface area (Å²) >= 11 is 0. The minimum Gasteiger partial charge on any atom is -0.386 e. The van der Waals surface area contributed by atoms with Gasteiger partial charge in [0, 0.05) is 45.2 Å². The summed E-state index contributed by atoms with van der Waals surface area (Å²) in [4.78, 5) is 9.51. The number of aliphatic hydroxyl groups is 1. The minimum absolute atomic E-state index is 0.690. The van der Waals surface area contributed by atoms with E-state index in [4.69, 9.17) is 9.97 Å². The summed E-state index contributed by atoms with van der Waals surface area (Å²) in [5.41, 5.74) is 4.95. The van der Waals surface area contributed by atoms with E-state index < -0.39 is 5.60 Å². The number of nitrogens with zero attached hydrogens (tertiary/aromatic N) is 4. The normalized spacial score (nSPS) is 12.3. The van der Waals surface area contributed by atoms with E-state index >= 15 is 0 Å². The van der Waals surface area contributed by atoms with Gasteiger partial charge in [-0.15, -0.1) is 0 Å². The van der Waals surface area contributed by atoms with Gasteiger partial charge in [-0.3, -0.25) is 4.57 Å². The van der Waals surface area contributed by atoms with Crippen molar-refractivity contribution in [1.82, 2.24) is 19.1 Å². The van der Waals surface area contributed by atoms with E-state index in [1.165, 1.54) is 5.39 Å². The van der Waals surface area contributed by atoms with Crippen LogP contribution in [-0.2, 0) is 5.60 Å². The van der Waals surface area contributed by atoms with Crippen molar-refractivity contribution in [2.45, 2.75) is 19.4 Å². The number of pyridine rings is 2. The number of fused-ring (bicyclic) bond motifs is 6. The molecule has 0 saturated carbocycles. The number of rotatable bonds is 3. The fraction of sp³-hybridized carbons (Fsp3) is 0.0968. The van der Waals surface area contributed by atoms with E-state index in [0.29, 0.717) is 5.82 Å². The summed E-state index contributed by atoms with van der Waals surface area (Å²) in [6, 6.07) is 31.4. The molecule has 0 atom stereocenters. The van der Waals surface area contributed by atoms with E-state index in [-0.39, 0.29) is 0 Å². The minimum atomic E-state index is -1.06. The first kappa shape index (κ1) is 20.9. The molecule has 0 fully saturated rings. The van der Waals surface area contributed by atoms with Crippen LogP contribution in [0.4, 0.5) is 0 Å². The molecule has 5 nitrogen and oxygen atoms in total. The smallest absolute Gasteiger partial charge is 0.146 e. The van der Waals surface area contributed by atoms with Crippen LogP contribution in [0.5, 0.6) is 0 Å². The summed E-state index contributed by atoms with van der Waals surface area (Å²) in [6.07, 6.45) is 3.58. The van der Waals surface area contributed by atoms with Crippen LogP contribution in [0.1, 0.15) is 19.4 Å². The standard InChI is InChI=1S/C31H24N4O/c1-31(2,36)25-14-9-17-33-30(25)35-28-18-23-21-12-6-7-15-26(21)34(20-10-4-3-5-11-20)27(23)19-24(28)22-13-8-16-32-29(22)35/h3-19,36H,1-2H3. The average Bonchev–Trinajstić information content (AvgIpc) is 3.39. The molecular weight excluding hydrogens is 444 g/mol. The van der Waals surface area contributed by atoms with Gasteiger partial charge in [0.05, 0.1) is 22.2 Å². The molecule has 0 spiro atoms. The molecule has 7 aromatic rings. The highest BCUT2D eigenvalue weighted by Gasteiger charge is 2.25. The number of para-hydroxylation sites is 2. The van der Waals surface area contributed by atoms with Crippen LogP contribution < -0.4 is 0 Å². The molecular formula is C31H24N4O. The van der Waals surface area contributed by atoms with Crippen molar-refractivity contribution in [3.8, 4) is 11.5 Å². The van der Waals surface area contributed by atoms with Gasteiger partial charge in [-0.05, 0) is 62.4 Å². The van der Waals surface area contributed by atoms with Crippen molar-refractivity contribution in [3.63, 3.8) is 0 Å². The first-order valence-corrected chi connectivity index (χ1v) is 12.1. The summed E-state index contributed by atoms with van der Waals surface area (Å²) in [7, 11) is 0. The van der Waals surface area contributed by atoms with Crippen LogP contribution in [0.25, 0.3) is 55.2 Å². The predicted molar refractivity (Wildman–Crippen MR) is 146 cm³/mol. The van der Waals surface area contributed by atoms with Crippen LogP contribution >= 0.6 is 0 Å². The van der Waals surface area contributed by atoms with Crippen LogP contribution in [0.2, 0.25) is 0 Å². The molecule has 174 valence electrons. The lowest BCUT2D eigenvalue weighted by molar-refractivity contribution is 0.0782. The Bertz CT molecular complexity index is 1920. The van der Waals surface area contributed by atoms with Crippen molar-refractivity contribution in [3.05, 3.63) is 109 Å². The van der Waals surface area contributed by atoms with Crippen LogP contribution in [0.3, 0.4) is 0 Å². The Labute approximate surface area is 207 Å². The highest BCUT2D eigenvalue weighted by Crippen LogP contribution is 2.39. The van der Waals surface area contributed by atoms with Crippen LogP contribution in [0, 0.1) is 0 Å². The Hall–Kier alpha value is -4.48. The van der Waals surface area contributed by atoms with Crippen molar-refractivity contribution in [2.75, 3.05) is 0 Å². The van der Waals surface area contributed by atoms with Gasteiger partial charge < -0.3 is 9.67 Å². The predicted octanol–water partition coefficient (Wildman–Crippen LogP) is 6.90. The van der Waals surface area contributed by atoms with Gasteiger partial charge in [0.1, 0.15) is 11.5 Å². The maximum atomic E-state index is 11.0. The lowest BCUT2D eigenvalue weighted by atomic mass is 9.99. The number of hydrogen-bond donors (Lipinski definition) is 1. The fourth-order valence-electron chi connectivity index (χ4n) is 5.43. The van der Waals surface area contributed by atoms with Gasteiger partial charge in [-0.2, -0.15) is 0 Å². The van der Waals surface area contributed by atoms with Gasteiger partial charge in [0.15, 0.2) is 0 Å². The van der Waals surface area contributed by atoms with E-state index in [1.54, 1.807) is 20.0 Å². The molecule has 4 aromatic heterocycles. The molecule has 1 N–H and O–H groups in total. The Balaban J connectivity index is 1.68. The zero-order valence-corrected chi connectivity index (χ0v) is 20.1. The van der Waals surface area contributed by atoms with Crippen molar-refractivity contribution in [1.29, 1.82) is 0 Å². The van der Waals surface area contributed by atoms with E-state index in [9.17, 15) is 5.11 Å². The van der Waals surface area contributed by atoms with Crippen molar-refractivity contribution in [2.24, 2.45) is 0 Å². The second-order valence-corrected chi connectivity index (χ2v) is 9.72. The molecule has 0 aliphatic rings. The molecule has 0 amide bonds. The molecule has 4 heterocycles. The lowest BCUT2D eigenvalue weighted by Crippen LogP contribution is -2.19. The van der Waals surface area contributed by atoms with Crippen LogP contribution in [-0.4, -0.2) is 24.2 Å². The van der Waals surface area contributed by atoms with Gasteiger partial charge in [-0.25, -0.2) is 9.97 Å². The van der Waals surface area contributed by atoms with Gasteiger partial charge in [0.25, 0.3) is 0 Å². The highest BCUT2D eigenvalue weighted by atomic mass is 16.3. The summed E-state index contributed by atoms with van der Waals surface area (Å²) in [5, 5.41) is 15.5. The molecule has 0 radical (unpaired) electrons. The molecule has 0 aliphatic carbocycles. The largest absolute Gasteiger partial charge is 0.386 e. The average molecular weight is 469 g/mol. The summed E-state index contributed by atoms with van der Waals surface area (Å²) in [6.45, 7) is 3.58. The third-order valence-electron chi connectivity index (χ3n) is 6.99. The topological polar surface area (TPSA) is 55.9 Å². The second kappa shape index (κ2) is 7.51. The molecule has 0 saturated heterocycles. The van der Waals surface area contributed by atoms with Crippen LogP contribution in [0.15, 0.2) is 103 Å². The van der Waals surface area contributed by atoms with Gasteiger partial charge in [-0.1, -0.05) is 42.5 Å². The molecule has 0 aliphatic heterocycles. The van der Waals surface area contributed by atoms with Gasteiger partial charge >= 0.3 is 0 Å². The Morgan fingerprint density at radius 3 is 2.06 bits per heavy atom. The quantitative estimate of drug-likeness (QED) is 0.307. The first-order valence-electron chi connectivity index (χ1n) is 12.1. The molecule has 7 rings (SSSR count). The van der Waals surface area contributed by atoms with Crippen molar-refractivity contribution >= 4 is 43.7 Å². The summed E-state index contributed by atoms with van der Waals surface area (Å²) < 4.78 is 4.42. The summed E-state index contributed by atoms with van der Waals surface area (Å²) in [5.74, 6) is 0.690. The Kier molecular flexibility index (Phi) is 4.35. The number of hydrogen-bond acceptors (Lipinski definition) is 3. The Morgan fingerprint density at radius 1 is 0.611 bits per heavy atom. The lowest BCUT2D eigenvalue weighted by Gasteiger charge is -2.21. The maximum absolute atomic E-state index is 11.0. The molecule has 0 unspecified atom stereocenters. The fourth-order valence-corrected chi connectivity index (χ4v) is 5.43. The molecule has 36 heavy (non-hydrogen) atoms. The second-order valence-electron chi connectivity index (χ2n) is 9.72. The number of benzene rings is 3. The third kappa shape index (κ3) is 2.93. The molecule has 3 aromatic carbocycles. The Morgan fingerprint density at radius 2 is 1.25 bits per heavy atom. The number of aromatic nitrogens is 4. The monoisotopic (exact) mass is 468 g/mol. The third-order valence-corrected chi connectivity index (χ3v) is 6.99. The van der Waals surface area contributed by atoms with Crippen molar-refractivity contribution < 1.29 is 5.11 Å².